The van der Waals surface area contributed by atoms with Crippen molar-refractivity contribution in [1.29, 1.82) is 0 Å². The van der Waals surface area contributed by atoms with E-state index in [1.54, 1.807) is 11.3 Å². The molecule has 2 aromatic rings. The van der Waals surface area contributed by atoms with Crippen LogP contribution in [0, 0.1) is 12.8 Å². The molecule has 0 unspecified atom stereocenters. The van der Waals surface area contributed by atoms with Crippen LogP contribution in [0.2, 0.25) is 0 Å². The lowest BCUT2D eigenvalue weighted by molar-refractivity contribution is 0.0695. The van der Waals surface area contributed by atoms with Gasteiger partial charge >= 0.3 is 0 Å². The maximum atomic E-state index is 12.8. The van der Waals surface area contributed by atoms with Gasteiger partial charge in [-0.25, -0.2) is 4.98 Å². The Morgan fingerprint density at radius 3 is 2.50 bits per heavy atom. The number of aryl methyl sites for hydroxylation is 1. The second-order valence-corrected chi connectivity index (χ2v) is 7.56. The van der Waals surface area contributed by atoms with Gasteiger partial charge in [0.05, 0.1) is 10.7 Å². The van der Waals surface area contributed by atoms with Gasteiger partial charge in [-0.2, -0.15) is 0 Å². The van der Waals surface area contributed by atoms with Crippen molar-refractivity contribution in [2.45, 2.75) is 26.2 Å². The van der Waals surface area contributed by atoms with Crippen molar-refractivity contribution < 1.29 is 4.79 Å². The van der Waals surface area contributed by atoms with Gasteiger partial charge in [0.2, 0.25) is 0 Å². The van der Waals surface area contributed by atoms with Gasteiger partial charge in [0, 0.05) is 19.5 Å². The van der Waals surface area contributed by atoms with Gasteiger partial charge in [0.15, 0.2) is 0 Å². The van der Waals surface area contributed by atoms with E-state index >= 15 is 0 Å². The molecule has 1 aliphatic rings. The predicted molar refractivity (Wildman–Crippen MR) is 113 cm³/mol. The molecule has 1 fully saturated rings. The van der Waals surface area contributed by atoms with Crippen molar-refractivity contribution in [3.8, 4) is 0 Å². The molecule has 1 aliphatic heterocycles. The Kier molecular flexibility index (Phi) is 9.58. The zero-order valence-electron chi connectivity index (χ0n) is 15.2. The fourth-order valence-electron chi connectivity index (χ4n) is 3.27. The number of halogens is 2. The van der Waals surface area contributed by atoms with Crippen LogP contribution in [0.5, 0.6) is 0 Å². The molecule has 1 aromatic heterocycles. The molecule has 1 amide bonds. The molecule has 26 heavy (non-hydrogen) atoms. The van der Waals surface area contributed by atoms with E-state index in [1.807, 2.05) is 37.1 Å². The van der Waals surface area contributed by atoms with Crippen molar-refractivity contribution in [2.75, 3.05) is 26.7 Å². The van der Waals surface area contributed by atoms with Crippen LogP contribution in [0.4, 0.5) is 0 Å². The van der Waals surface area contributed by atoms with Crippen LogP contribution in [0.15, 0.2) is 30.3 Å². The Balaban J connectivity index is 0.00000169. The van der Waals surface area contributed by atoms with E-state index in [-0.39, 0.29) is 30.7 Å². The highest BCUT2D eigenvalue weighted by molar-refractivity contribution is 7.13. The Morgan fingerprint density at radius 1 is 1.23 bits per heavy atom. The molecular formula is C19H27Cl2N3OS. The molecule has 4 nitrogen and oxygen atoms in total. The van der Waals surface area contributed by atoms with Crippen LogP contribution in [0.25, 0.3) is 0 Å². The summed E-state index contributed by atoms with van der Waals surface area (Å²) in [4.78, 5) is 20.3. The molecular weight excluding hydrogens is 389 g/mol. The van der Waals surface area contributed by atoms with Crippen molar-refractivity contribution >= 4 is 42.1 Å². The molecule has 144 valence electrons. The normalized spacial score (nSPS) is 14.5. The van der Waals surface area contributed by atoms with Crippen molar-refractivity contribution in [3.63, 3.8) is 0 Å². The first kappa shape index (κ1) is 22.9. The first-order chi connectivity index (χ1) is 11.7. The largest absolute Gasteiger partial charge is 0.338 e. The summed E-state index contributed by atoms with van der Waals surface area (Å²) in [5.74, 6) is 0.850. The number of amides is 1. The molecule has 3 rings (SSSR count). The van der Waals surface area contributed by atoms with Crippen LogP contribution in [0.3, 0.4) is 0 Å². The Hall–Kier alpha value is -1.14. The quantitative estimate of drug-likeness (QED) is 0.803. The predicted octanol–water partition coefficient (Wildman–Crippen LogP) is 3.96. The standard InChI is InChI=1S/C19H25N3OS.2ClH/c1-14-18(19(23)22-10-8-16(9-11-22)13-20-2)24-17(21-14)12-15-6-4-3-5-7-15;;/h3-7,16,20H,8-13H2,1-2H3;2*1H. The van der Waals surface area contributed by atoms with Crippen LogP contribution in [-0.4, -0.2) is 42.5 Å². The minimum atomic E-state index is 0. The number of nitrogens with one attached hydrogen (secondary N) is 1. The molecule has 1 aromatic carbocycles. The van der Waals surface area contributed by atoms with Gasteiger partial charge in [0.25, 0.3) is 5.91 Å². The SMILES string of the molecule is CNCC1CCN(C(=O)c2sc(Cc3ccccc3)nc2C)CC1.Cl.Cl. The smallest absolute Gasteiger partial charge is 0.265 e. The summed E-state index contributed by atoms with van der Waals surface area (Å²) in [6.45, 7) is 4.71. The number of carbonyl (C=O) groups excluding carboxylic acids is 1. The van der Waals surface area contributed by atoms with E-state index in [2.05, 4.69) is 22.4 Å². The highest BCUT2D eigenvalue weighted by Gasteiger charge is 2.26. The highest BCUT2D eigenvalue weighted by atomic mass is 35.5. The number of hydrogen-bond donors (Lipinski definition) is 1. The van der Waals surface area contributed by atoms with Gasteiger partial charge in [-0.15, -0.1) is 36.2 Å². The Morgan fingerprint density at radius 2 is 1.88 bits per heavy atom. The number of nitrogens with zero attached hydrogens (tertiary/aromatic N) is 2. The van der Waals surface area contributed by atoms with E-state index < -0.39 is 0 Å². The number of aromatic nitrogens is 1. The molecule has 7 heteroatoms. The molecule has 2 heterocycles. The lowest BCUT2D eigenvalue weighted by Gasteiger charge is -2.31. The zero-order chi connectivity index (χ0) is 16.9. The monoisotopic (exact) mass is 415 g/mol. The maximum Gasteiger partial charge on any atom is 0.265 e. The second-order valence-electron chi connectivity index (χ2n) is 6.48. The molecule has 0 radical (unpaired) electrons. The molecule has 0 spiro atoms. The summed E-state index contributed by atoms with van der Waals surface area (Å²) in [6, 6.07) is 10.3. The van der Waals surface area contributed by atoms with E-state index in [9.17, 15) is 4.79 Å². The van der Waals surface area contributed by atoms with Crippen LogP contribution in [-0.2, 0) is 6.42 Å². The van der Waals surface area contributed by atoms with Gasteiger partial charge < -0.3 is 10.2 Å². The molecule has 1 N–H and O–H groups in total. The number of benzene rings is 1. The van der Waals surface area contributed by atoms with Gasteiger partial charge in [-0.1, -0.05) is 30.3 Å². The van der Waals surface area contributed by atoms with Crippen molar-refractivity contribution in [3.05, 3.63) is 51.5 Å². The summed E-state index contributed by atoms with van der Waals surface area (Å²) in [5, 5.41) is 4.26. The number of hydrogen-bond acceptors (Lipinski definition) is 4. The Bertz CT molecular complexity index is 685. The van der Waals surface area contributed by atoms with E-state index in [4.69, 9.17) is 0 Å². The number of piperidine rings is 1. The van der Waals surface area contributed by atoms with E-state index in [1.165, 1.54) is 5.56 Å². The molecule has 1 saturated heterocycles. The third-order valence-corrected chi connectivity index (χ3v) is 5.77. The zero-order valence-corrected chi connectivity index (χ0v) is 17.7. The van der Waals surface area contributed by atoms with Gasteiger partial charge in [0.1, 0.15) is 4.88 Å². The molecule has 0 bridgehead atoms. The first-order valence-electron chi connectivity index (χ1n) is 8.61. The fraction of sp³-hybridized carbons (Fsp3) is 0.474. The number of likely N-dealkylation sites (tertiary alicyclic amines) is 1. The highest BCUT2D eigenvalue weighted by Crippen LogP contribution is 2.25. The summed E-state index contributed by atoms with van der Waals surface area (Å²) < 4.78 is 0. The number of rotatable bonds is 5. The molecule has 0 saturated carbocycles. The minimum Gasteiger partial charge on any atom is -0.338 e. The average molecular weight is 416 g/mol. The average Bonchev–Trinajstić information content (AvgIpc) is 2.96. The van der Waals surface area contributed by atoms with Crippen LogP contribution in [0.1, 0.15) is 38.8 Å². The van der Waals surface area contributed by atoms with E-state index in [0.29, 0.717) is 5.92 Å². The summed E-state index contributed by atoms with van der Waals surface area (Å²) in [6.07, 6.45) is 2.96. The maximum absolute atomic E-state index is 12.8. The molecule has 0 aliphatic carbocycles. The summed E-state index contributed by atoms with van der Waals surface area (Å²) in [7, 11) is 1.99. The van der Waals surface area contributed by atoms with Crippen molar-refractivity contribution in [2.24, 2.45) is 5.92 Å². The Labute approximate surface area is 172 Å². The second kappa shape index (κ2) is 10.9. The van der Waals surface area contributed by atoms with Gasteiger partial charge in [-0.3, -0.25) is 4.79 Å². The fourth-order valence-corrected chi connectivity index (χ4v) is 4.34. The van der Waals surface area contributed by atoms with E-state index in [0.717, 1.165) is 54.5 Å². The van der Waals surface area contributed by atoms with Crippen LogP contribution >= 0.6 is 36.2 Å². The summed E-state index contributed by atoms with van der Waals surface area (Å²) >= 11 is 1.55. The third kappa shape index (κ3) is 5.68. The number of thiazole rings is 1. The molecule has 0 atom stereocenters. The topological polar surface area (TPSA) is 45.2 Å². The van der Waals surface area contributed by atoms with Crippen LogP contribution < -0.4 is 5.32 Å². The first-order valence-corrected chi connectivity index (χ1v) is 9.43. The lowest BCUT2D eigenvalue weighted by atomic mass is 9.97. The summed E-state index contributed by atoms with van der Waals surface area (Å²) in [5.41, 5.74) is 2.10. The minimum absolute atomic E-state index is 0. The third-order valence-electron chi connectivity index (χ3n) is 4.63. The number of carbonyl (C=O) groups is 1. The lowest BCUT2D eigenvalue weighted by Crippen LogP contribution is -2.40. The van der Waals surface area contributed by atoms with Crippen molar-refractivity contribution in [1.82, 2.24) is 15.2 Å². The van der Waals surface area contributed by atoms with Gasteiger partial charge in [-0.05, 0) is 44.8 Å².